The van der Waals surface area contributed by atoms with Crippen molar-refractivity contribution in [1.82, 2.24) is 0 Å². The molecule has 4 nitrogen and oxygen atoms in total. The van der Waals surface area contributed by atoms with Crippen molar-refractivity contribution in [3.8, 4) is 0 Å². The van der Waals surface area contributed by atoms with Gasteiger partial charge in [0.25, 0.3) is 0 Å². The first-order chi connectivity index (χ1) is 10.0. The van der Waals surface area contributed by atoms with Crippen molar-refractivity contribution in [2.75, 3.05) is 17.7 Å². The van der Waals surface area contributed by atoms with Gasteiger partial charge in [-0.25, -0.2) is 4.79 Å². The Balaban J connectivity index is 2.25. The van der Waals surface area contributed by atoms with Crippen molar-refractivity contribution in [2.24, 2.45) is 0 Å². The van der Waals surface area contributed by atoms with Gasteiger partial charge in [-0.2, -0.15) is 0 Å². The summed E-state index contributed by atoms with van der Waals surface area (Å²) in [4.78, 5) is 11.7. The number of esters is 1. The molecule has 0 radical (unpaired) electrons. The highest BCUT2D eigenvalue weighted by Crippen LogP contribution is 2.29. The highest BCUT2D eigenvalue weighted by Gasteiger charge is 2.10. The number of hydrogen-bond donors (Lipinski definition) is 2. The number of nitrogens with one attached hydrogen (secondary N) is 1. The van der Waals surface area contributed by atoms with Crippen molar-refractivity contribution >= 4 is 39.0 Å². The summed E-state index contributed by atoms with van der Waals surface area (Å²) in [5.74, 6) is -0.366. The topological polar surface area (TPSA) is 64.3 Å². The molecular weight excluding hydrogens is 332 g/mol. The number of nitrogen functional groups attached to an aromatic ring is 1. The van der Waals surface area contributed by atoms with E-state index in [1.165, 1.54) is 0 Å². The molecule has 21 heavy (non-hydrogen) atoms. The largest absolute Gasteiger partial charge is 0.462 e. The third kappa shape index (κ3) is 3.55. The van der Waals surface area contributed by atoms with Crippen molar-refractivity contribution in [2.45, 2.75) is 13.8 Å². The molecule has 0 saturated heterocycles. The van der Waals surface area contributed by atoms with E-state index in [-0.39, 0.29) is 5.97 Å². The predicted octanol–water partition coefficient (Wildman–Crippen LogP) is 4.26. The van der Waals surface area contributed by atoms with Crippen LogP contribution >= 0.6 is 15.9 Å². The first kappa shape index (κ1) is 15.4. The number of halogens is 1. The van der Waals surface area contributed by atoms with E-state index in [9.17, 15) is 4.79 Å². The quantitative estimate of drug-likeness (QED) is 0.639. The minimum atomic E-state index is -0.366. The van der Waals surface area contributed by atoms with Gasteiger partial charge in [0.2, 0.25) is 0 Å². The lowest BCUT2D eigenvalue weighted by Crippen LogP contribution is -2.06. The Labute approximate surface area is 132 Å². The van der Waals surface area contributed by atoms with Crippen LogP contribution in [-0.4, -0.2) is 12.6 Å². The summed E-state index contributed by atoms with van der Waals surface area (Å²) in [7, 11) is 0. The number of ether oxygens (including phenoxy) is 1. The third-order valence-electron chi connectivity index (χ3n) is 3.10. The molecule has 0 atom stereocenters. The van der Waals surface area contributed by atoms with Gasteiger partial charge in [-0.15, -0.1) is 0 Å². The van der Waals surface area contributed by atoms with Crippen molar-refractivity contribution in [1.29, 1.82) is 0 Å². The average molecular weight is 349 g/mol. The van der Waals surface area contributed by atoms with Crippen LogP contribution in [0.15, 0.2) is 40.9 Å². The van der Waals surface area contributed by atoms with Gasteiger partial charge in [0, 0.05) is 10.2 Å². The zero-order chi connectivity index (χ0) is 15.4. The van der Waals surface area contributed by atoms with E-state index in [2.05, 4.69) is 21.2 Å². The Kier molecular flexibility index (Phi) is 4.85. The molecule has 110 valence electrons. The van der Waals surface area contributed by atoms with E-state index >= 15 is 0 Å². The molecule has 0 fully saturated rings. The lowest BCUT2D eigenvalue weighted by Gasteiger charge is -2.13. The van der Waals surface area contributed by atoms with Crippen LogP contribution < -0.4 is 11.1 Å². The molecule has 0 aliphatic carbocycles. The van der Waals surface area contributed by atoms with Gasteiger partial charge < -0.3 is 15.8 Å². The minimum Gasteiger partial charge on any atom is -0.462 e. The second-order valence-corrected chi connectivity index (χ2v) is 5.41. The van der Waals surface area contributed by atoms with Crippen molar-refractivity contribution in [3.63, 3.8) is 0 Å². The highest BCUT2D eigenvalue weighted by molar-refractivity contribution is 9.10. The van der Waals surface area contributed by atoms with E-state index < -0.39 is 0 Å². The van der Waals surface area contributed by atoms with E-state index in [1.807, 2.05) is 25.1 Å². The predicted molar refractivity (Wildman–Crippen MR) is 89.0 cm³/mol. The molecule has 0 saturated carbocycles. The lowest BCUT2D eigenvalue weighted by molar-refractivity contribution is 0.0526. The molecular formula is C16H17BrN2O2. The second-order valence-electron chi connectivity index (χ2n) is 4.56. The smallest absolute Gasteiger partial charge is 0.338 e. The first-order valence-electron chi connectivity index (χ1n) is 6.61. The van der Waals surface area contributed by atoms with Crippen LogP contribution in [0.25, 0.3) is 0 Å². The SMILES string of the molecule is CCOC(=O)c1ccc(Nc2cccc(Br)c2C)c(N)c1. The third-order valence-corrected chi connectivity index (χ3v) is 3.96. The molecule has 2 aromatic rings. The summed E-state index contributed by atoms with van der Waals surface area (Å²) in [6.45, 7) is 4.12. The average Bonchev–Trinajstić information content (AvgIpc) is 2.46. The van der Waals surface area contributed by atoms with E-state index in [4.69, 9.17) is 10.5 Å². The van der Waals surface area contributed by atoms with Gasteiger partial charge in [0.1, 0.15) is 0 Å². The van der Waals surface area contributed by atoms with Gasteiger partial charge in [-0.3, -0.25) is 0 Å². The van der Waals surface area contributed by atoms with Gasteiger partial charge in [0.05, 0.1) is 23.5 Å². The zero-order valence-corrected chi connectivity index (χ0v) is 13.5. The number of benzene rings is 2. The fraction of sp³-hybridized carbons (Fsp3) is 0.188. The maximum absolute atomic E-state index is 11.7. The molecule has 0 aliphatic rings. The summed E-state index contributed by atoms with van der Waals surface area (Å²) in [5, 5.41) is 3.27. The fourth-order valence-electron chi connectivity index (χ4n) is 1.91. The van der Waals surface area contributed by atoms with Crippen LogP contribution in [0.3, 0.4) is 0 Å². The Morgan fingerprint density at radius 3 is 2.71 bits per heavy atom. The molecule has 2 aromatic carbocycles. The molecule has 0 heterocycles. The molecule has 0 amide bonds. The van der Waals surface area contributed by atoms with E-state index in [0.717, 1.165) is 21.4 Å². The fourth-order valence-corrected chi connectivity index (χ4v) is 2.27. The molecule has 0 bridgehead atoms. The maximum Gasteiger partial charge on any atom is 0.338 e. The lowest BCUT2D eigenvalue weighted by atomic mass is 10.1. The highest BCUT2D eigenvalue weighted by atomic mass is 79.9. The molecule has 0 aliphatic heterocycles. The standard InChI is InChI=1S/C16H17BrN2O2/c1-3-21-16(20)11-7-8-15(13(18)9-11)19-14-6-4-5-12(17)10(14)2/h4-9,19H,3,18H2,1-2H3. The number of carbonyl (C=O) groups excluding carboxylic acids is 1. The molecule has 0 unspecified atom stereocenters. The summed E-state index contributed by atoms with van der Waals surface area (Å²) < 4.78 is 5.98. The van der Waals surface area contributed by atoms with Crippen molar-refractivity contribution in [3.05, 3.63) is 52.0 Å². The van der Waals surface area contributed by atoms with Crippen molar-refractivity contribution < 1.29 is 9.53 Å². The van der Waals surface area contributed by atoms with Gasteiger partial charge in [-0.05, 0) is 49.7 Å². The van der Waals surface area contributed by atoms with Crippen LogP contribution in [0.2, 0.25) is 0 Å². The summed E-state index contributed by atoms with van der Waals surface area (Å²) in [6.07, 6.45) is 0. The second kappa shape index (κ2) is 6.63. The Morgan fingerprint density at radius 1 is 1.29 bits per heavy atom. The molecule has 2 rings (SSSR count). The van der Waals surface area contributed by atoms with Gasteiger partial charge >= 0.3 is 5.97 Å². The number of nitrogens with two attached hydrogens (primary N) is 1. The Hall–Kier alpha value is -2.01. The summed E-state index contributed by atoms with van der Waals surface area (Å²) in [6, 6.07) is 11.0. The minimum absolute atomic E-state index is 0.343. The van der Waals surface area contributed by atoms with Crippen LogP contribution in [0.1, 0.15) is 22.8 Å². The number of rotatable bonds is 4. The number of anilines is 3. The Morgan fingerprint density at radius 2 is 2.05 bits per heavy atom. The van der Waals surface area contributed by atoms with E-state index in [0.29, 0.717) is 17.9 Å². The number of carbonyl (C=O) groups is 1. The summed E-state index contributed by atoms with van der Waals surface area (Å²) in [5.41, 5.74) is 9.76. The van der Waals surface area contributed by atoms with Crippen LogP contribution in [0.4, 0.5) is 17.1 Å². The first-order valence-corrected chi connectivity index (χ1v) is 7.41. The monoisotopic (exact) mass is 348 g/mol. The van der Waals surface area contributed by atoms with Crippen LogP contribution in [0.5, 0.6) is 0 Å². The van der Waals surface area contributed by atoms with Gasteiger partial charge in [0.15, 0.2) is 0 Å². The van der Waals surface area contributed by atoms with E-state index in [1.54, 1.807) is 25.1 Å². The zero-order valence-electron chi connectivity index (χ0n) is 11.9. The molecule has 0 spiro atoms. The normalized spacial score (nSPS) is 10.2. The molecule has 0 aromatic heterocycles. The number of hydrogen-bond acceptors (Lipinski definition) is 4. The summed E-state index contributed by atoms with van der Waals surface area (Å²) >= 11 is 3.49. The molecule has 3 N–H and O–H groups in total. The van der Waals surface area contributed by atoms with Crippen LogP contribution in [-0.2, 0) is 4.74 Å². The Bertz CT molecular complexity index is 671. The maximum atomic E-state index is 11.7. The van der Waals surface area contributed by atoms with Gasteiger partial charge in [-0.1, -0.05) is 22.0 Å². The van der Waals surface area contributed by atoms with Crippen LogP contribution in [0, 0.1) is 6.92 Å². The molecule has 5 heteroatoms.